The highest BCUT2D eigenvalue weighted by Gasteiger charge is 2.20. The highest BCUT2D eigenvalue weighted by molar-refractivity contribution is 7.92. The van der Waals surface area contributed by atoms with Crippen molar-refractivity contribution in [1.82, 2.24) is 4.57 Å². The van der Waals surface area contributed by atoms with Gasteiger partial charge in [-0.25, -0.2) is 8.42 Å². The van der Waals surface area contributed by atoms with Gasteiger partial charge in [-0.05, 0) is 69.2 Å². The molecule has 0 saturated heterocycles. The van der Waals surface area contributed by atoms with E-state index in [9.17, 15) is 18.0 Å². The van der Waals surface area contributed by atoms with Gasteiger partial charge in [-0.3, -0.25) is 14.3 Å². The zero-order valence-corrected chi connectivity index (χ0v) is 22.6. The van der Waals surface area contributed by atoms with E-state index < -0.39 is 21.9 Å². The van der Waals surface area contributed by atoms with E-state index >= 15 is 0 Å². The molecule has 10 heteroatoms. The molecule has 1 aromatic heterocycles. The first-order chi connectivity index (χ1) is 17.6. The molecule has 0 radical (unpaired) electrons. The van der Waals surface area contributed by atoms with Crippen molar-refractivity contribution in [3.05, 3.63) is 87.7 Å². The number of amides is 1. The van der Waals surface area contributed by atoms with E-state index in [0.29, 0.717) is 4.80 Å². The van der Waals surface area contributed by atoms with Crippen LogP contribution in [0.5, 0.6) is 0 Å². The number of carbonyl (C=O) groups is 2. The van der Waals surface area contributed by atoms with Gasteiger partial charge >= 0.3 is 5.97 Å². The molecule has 1 N–H and O–H groups in total. The number of ether oxygens (including phenoxy) is 1. The van der Waals surface area contributed by atoms with E-state index in [2.05, 4.69) is 9.71 Å². The molecule has 1 heterocycles. The van der Waals surface area contributed by atoms with Crippen molar-refractivity contribution in [2.24, 2.45) is 4.99 Å². The molecule has 0 fully saturated rings. The lowest BCUT2D eigenvalue weighted by Crippen LogP contribution is -2.23. The molecular formula is C27H27N3O5S2. The fourth-order valence-corrected chi connectivity index (χ4v) is 6.07. The monoisotopic (exact) mass is 537 g/mol. The number of fused-ring (bicyclic) bond motifs is 1. The van der Waals surface area contributed by atoms with E-state index in [-0.39, 0.29) is 29.3 Å². The summed E-state index contributed by atoms with van der Waals surface area (Å²) >= 11 is 1.29. The summed E-state index contributed by atoms with van der Waals surface area (Å²) in [5.74, 6) is -1.08. The highest BCUT2D eigenvalue weighted by atomic mass is 32.2. The number of rotatable bonds is 7. The van der Waals surface area contributed by atoms with Crippen LogP contribution in [0, 0.1) is 20.8 Å². The Labute approximate surface area is 219 Å². The summed E-state index contributed by atoms with van der Waals surface area (Å²) < 4.78 is 36.1. The number of anilines is 1. The Bertz CT molecular complexity index is 1670. The summed E-state index contributed by atoms with van der Waals surface area (Å²) in [6, 6.07) is 16.7. The molecule has 3 aromatic carbocycles. The maximum Gasteiger partial charge on any atom is 0.326 e. The standard InChI is InChI=1S/C27H27N3O5S2/c1-5-35-24(31)16-30-23-15-18(3)14-19(4)25(23)36-27(30)28-26(32)21-8-6-7-9-22(21)29-37(33,34)20-12-10-17(2)11-13-20/h6-15,29H,5,16H2,1-4H3. The number of aromatic nitrogens is 1. The molecule has 0 atom stereocenters. The van der Waals surface area contributed by atoms with Gasteiger partial charge in [0.05, 0.1) is 33.0 Å². The Kier molecular flexibility index (Phi) is 7.60. The number of aryl methyl sites for hydroxylation is 3. The molecule has 0 spiro atoms. The summed E-state index contributed by atoms with van der Waals surface area (Å²) in [4.78, 5) is 30.5. The molecule has 192 valence electrons. The Morgan fingerprint density at radius 3 is 2.41 bits per heavy atom. The molecule has 0 aliphatic heterocycles. The van der Waals surface area contributed by atoms with Crippen LogP contribution in [0.3, 0.4) is 0 Å². The predicted molar refractivity (Wildman–Crippen MR) is 144 cm³/mol. The molecule has 4 aromatic rings. The molecule has 1 amide bonds. The van der Waals surface area contributed by atoms with Gasteiger partial charge in [-0.1, -0.05) is 47.2 Å². The van der Waals surface area contributed by atoms with Crippen molar-refractivity contribution >= 4 is 49.1 Å². The van der Waals surface area contributed by atoms with Gasteiger partial charge < -0.3 is 9.30 Å². The van der Waals surface area contributed by atoms with Gasteiger partial charge in [0.25, 0.3) is 15.9 Å². The van der Waals surface area contributed by atoms with E-state index in [1.807, 2.05) is 32.9 Å². The minimum absolute atomic E-state index is 0.0833. The van der Waals surface area contributed by atoms with Gasteiger partial charge in [0.15, 0.2) is 4.80 Å². The van der Waals surface area contributed by atoms with Crippen molar-refractivity contribution < 1.29 is 22.7 Å². The Hall–Kier alpha value is -3.76. The van der Waals surface area contributed by atoms with E-state index in [0.717, 1.165) is 26.9 Å². The summed E-state index contributed by atoms with van der Waals surface area (Å²) in [6.45, 7) is 7.64. The lowest BCUT2D eigenvalue weighted by molar-refractivity contribution is -0.143. The average Bonchev–Trinajstić information content (AvgIpc) is 3.16. The molecule has 0 aliphatic rings. The lowest BCUT2D eigenvalue weighted by Gasteiger charge is -2.11. The molecule has 0 unspecified atom stereocenters. The van der Waals surface area contributed by atoms with Gasteiger partial charge in [-0.15, -0.1) is 0 Å². The Balaban J connectivity index is 1.78. The van der Waals surface area contributed by atoms with Crippen LogP contribution in [-0.4, -0.2) is 31.5 Å². The summed E-state index contributed by atoms with van der Waals surface area (Å²) in [5, 5.41) is 0. The van der Waals surface area contributed by atoms with Crippen molar-refractivity contribution in [2.75, 3.05) is 11.3 Å². The number of hydrogen-bond donors (Lipinski definition) is 1. The minimum atomic E-state index is -3.93. The van der Waals surface area contributed by atoms with Crippen LogP contribution >= 0.6 is 11.3 Å². The molecule has 8 nitrogen and oxygen atoms in total. The third-order valence-electron chi connectivity index (χ3n) is 5.64. The topological polar surface area (TPSA) is 107 Å². The number of sulfonamides is 1. The van der Waals surface area contributed by atoms with Crippen LogP contribution < -0.4 is 9.52 Å². The number of para-hydroxylation sites is 1. The summed E-state index contributed by atoms with van der Waals surface area (Å²) in [6.07, 6.45) is 0. The third-order valence-corrected chi connectivity index (χ3v) is 8.25. The summed E-state index contributed by atoms with van der Waals surface area (Å²) in [7, 11) is -3.93. The van der Waals surface area contributed by atoms with Crippen molar-refractivity contribution in [2.45, 2.75) is 39.1 Å². The normalized spacial score (nSPS) is 12.1. The van der Waals surface area contributed by atoms with Crippen molar-refractivity contribution in [3.63, 3.8) is 0 Å². The number of thiazole rings is 1. The SMILES string of the molecule is CCOC(=O)Cn1c(=NC(=O)c2ccccc2NS(=O)(=O)c2ccc(C)cc2)sc2c(C)cc(C)cc21. The Morgan fingerprint density at radius 1 is 1.00 bits per heavy atom. The number of benzene rings is 3. The minimum Gasteiger partial charge on any atom is -0.465 e. The molecule has 4 rings (SSSR count). The fraction of sp³-hybridized carbons (Fsp3) is 0.222. The average molecular weight is 538 g/mol. The van der Waals surface area contributed by atoms with Crippen molar-refractivity contribution in [1.29, 1.82) is 0 Å². The third kappa shape index (κ3) is 5.81. The van der Waals surface area contributed by atoms with Gasteiger partial charge in [-0.2, -0.15) is 4.99 Å². The second-order valence-corrected chi connectivity index (χ2v) is 11.2. The highest BCUT2D eigenvalue weighted by Crippen LogP contribution is 2.25. The second-order valence-electron chi connectivity index (χ2n) is 8.59. The van der Waals surface area contributed by atoms with Crippen molar-refractivity contribution in [3.8, 4) is 0 Å². The molecular weight excluding hydrogens is 510 g/mol. The molecule has 0 aliphatic carbocycles. The first-order valence-electron chi connectivity index (χ1n) is 11.6. The van der Waals surface area contributed by atoms with Crippen LogP contribution in [0.2, 0.25) is 0 Å². The van der Waals surface area contributed by atoms with Gasteiger partial charge in [0.2, 0.25) is 0 Å². The van der Waals surface area contributed by atoms with E-state index in [1.165, 1.54) is 35.6 Å². The molecule has 0 saturated carbocycles. The van der Waals surface area contributed by atoms with E-state index in [1.54, 1.807) is 35.8 Å². The maximum absolute atomic E-state index is 13.4. The second kappa shape index (κ2) is 10.7. The zero-order chi connectivity index (χ0) is 26.7. The van der Waals surface area contributed by atoms with Crippen LogP contribution in [0.4, 0.5) is 5.69 Å². The zero-order valence-electron chi connectivity index (χ0n) is 20.9. The maximum atomic E-state index is 13.4. The van der Waals surface area contributed by atoms with Crippen LogP contribution in [0.15, 0.2) is 70.6 Å². The number of esters is 1. The fourth-order valence-electron chi connectivity index (χ4n) is 3.91. The quantitative estimate of drug-likeness (QED) is 0.343. The first-order valence-corrected chi connectivity index (χ1v) is 13.9. The lowest BCUT2D eigenvalue weighted by atomic mass is 10.1. The van der Waals surface area contributed by atoms with Gasteiger partial charge in [0.1, 0.15) is 6.54 Å². The largest absolute Gasteiger partial charge is 0.465 e. The number of nitrogens with one attached hydrogen (secondary N) is 1. The van der Waals surface area contributed by atoms with Crippen LogP contribution in [-0.2, 0) is 26.1 Å². The van der Waals surface area contributed by atoms with Crippen LogP contribution in [0.25, 0.3) is 10.2 Å². The summed E-state index contributed by atoms with van der Waals surface area (Å²) in [5.41, 5.74) is 3.91. The molecule has 37 heavy (non-hydrogen) atoms. The number of nitrogens with zero attached hydrogens (tertiary/aromatic N) is 2. The molecule has 0 bridgehead atoms. The van der Waals surface area contributed by atoms with Crippen LogP contribution in [0.1, 0.15) is 34.0 Å². The first kappa shape index (κ1) is 26.3. The predicted octanol–water partition coefficient (Wildman–Crippen LogP) is 4.73. The Morgan fingerprint density at radius 2 is 1.70 bits per heavy atom. The number of carbonyl (C=O) groups excluding carboxylic acids is 2. The van der Waals surface area contributed by atoms with E-state index in [4.69, 9.17) is 4.74 Å². The number of hydrogen-bond acceptors (Lipinski definition) is 6. The smallest absolute Gasteiger partial charge is 0.326 e. The van der Waals surface area contributed by atoms with Gasteiger partial charge in [0, 0.05) is 0 Å².